The normalized spacial score (nSPS) is 10.9. The third kappa shape index (κ3) is 5.15. The first-order valence-corrected chi connectivity index (χ1v) is 8.99. The molecule has 0 unspecified atom stereocenters. The SMILES string of the molecule is COCCNC(=O)CCc1nnc2ccc(NCc3ccccc3Cl)nn12. The highest BCUT2D eigenvalue weighted by Crippen LogP contribution is 2.16. The quantitative estimate of drug-likeness (QED) is 0.545. The maximum absolute atomic E-state index is 11.8. The lowest BCUT2D eigenvalue weighted by Crippen LogP contribution is -2.27. The van der Waals surface area contributed by atoms with E-state index in [-0.39, 0.29) is 5.91 Å². The van der Waals surface area contributed by atoms with Crippen molar-refractivity contribution in [2.45, 2.75) is 19.4 Å². The van der Waals surface area contributed by atoms with Crippen molar-refractivity contribution in [3.05, 3.63) is 52.8 Å². The van der Waals surface area contributed by atoms with Crippen LogP contribution in [0.3, 0.4) is 0 Å². The molecule has 0 bridgehead atoms. The Balaban J connectivity index is 1.63. The van der Waals surface area contributed by atoms with E-state index in [0.717, 1.165) is 5.56 Å². The highest BCUT2D eigenvalue weighted by Gasteiger charge is 2.10. The zero-order valence-corrected chi connectivity index (χ0v) is 15.7. The predicted octanol–water partition coefficient (Wildman–Crippen LogP) is 2.08. The van der Waals surface area contributed by atoms with Gasteiger partial charge < -0.3 is 15.4 Å². The van der Waals surface area contributed by atoms with Crippen molar-refractivity contribution in [1.82, 2.24) is 25.1 Å². The Morgan fingerprint density at radius 1 is 1.22 bits per heavy atom. The number of ether oxygens (including phenoxy) is 1. The van der Waals surface area contributed by atoms with E-state index < -0.39 is 0 Å². The Morgan fingerprint density at radius 3 is 2.89 bits per heavy atom. The van der Waals surface area contributed by atoms with Crippen molar-refractivity contribution in [1.29, 1.82) is 0 Å². The highest BCUT2D eigenvalue weighted by molar-refractivity contribution is 6.31. The number of methoxy groups -OCH3 is 1. The van der Waals surface area contributed by atoms with Crippen LogP contribution in [-0.2, 0) is 22.5 Å². The van der Waals surface area contributed by atoms with Crippen LogP contribution < -0.4 is 10.6 Å². The van der Waals surface area contributed by atoms with Gasteiger partial charge in [-0.15, -0.1) is 15.3 Å². The molecular weight excluding hydrogens is 368 g/mol. The number of fused-ring (bicyclic) bond motifs is 1. The molecule has 2 aromatic heterocycles. The summed E-state index contributed by atoms with van der Waals surface area (Å²) in [4.78, 5) is 11.8. The number of hydrogen-bond donors (Lipinski definition) is 2. The maximum atomic E-state index is 11.8. The summed E-state index contributed by atoms with van der Waals surface area (Å²) in [6.07, 6.45) is 0.754. The minimum absolute atomic E-state index is 0.0585. The molecule has 0 fully saturated rings. The fourth-order valence-electron chi connectivity index (χ4n) is 2.52. The molecule has 1 amide bonds. The fraction of sp³-hybridized carbons (Fsp3) is 0.333. The van der Waals surface area contributed by atoms with Crippen LogP contribution >= 0.6 is 11.6 Å². The molecule has 3 aromatic rings. The van der Waals surface area contributed by atoms with E-state index in [1.54, 1.807) is 11.6 Å². The number of carbonyl (C=O) groups excluding carboxylic acids is 1. The summed E-state index contributed by atoms with van der Waals surface area (Å²) in [5.74, 6) is 1.25. The van der Waals surface area contributed by atoms with E-state index in [9.17, 15) is 4.79 Å². The second-order valence-corrected chi connectivity index (χ2v) is 6.30. The largest absolute Gasteiger partial charge is 0.383 e. The number of nitrogens with zero attached hydrogens (tertiary/aromatic N) is 4. The van der Waals surface area contributed by atoms with Crippen LogP contribution in [0.5, 0.6) is 0 Å². The number of nitrogens with one attached hydrogen (secondary N) is 2. The zero-order chi connectivity index (χ0) is 19.1. The van der Waals surface area contributed by atoms with Gasteiger partial charge in [0, 0.05) is 38.1 Å². The lowest BCUT2D eigenvalue weighted by Gasteiger charge is -2.08. The molecule has 27 heavy (non-hydrogen) atoms. The Bertz CT molecular complexity index is 914. The Hall–Kier alpha value is -2.71. The average molecular weight is 389 g/mol. The van der Waals surface area contributed by atoms with E-state index in [2.05, 4.69) is 25.9 Å². The molecule has 8 nitrogen and oxygen atoms in total. The number of halogens is 1. The van der Waals surface area contributed by atoms with Crippen LogP contribution in [-0.4, -0.2) is 46.0 Å². The number of amides is 1. The maximum Gasteiger partial charge on any atom is 0.220 e. The van der Waals surface area contributed by atoms with Crippen LogP contribution in [0.1, 0.15) is 17.8 Å². The van der Waals surface area contributed by atoms with E-state index in [1.807, 2.05) is 36.4 Å². The number of aromatic nitrogens is 4. The minimum Gasteiger partial charge on any atom is -0.383 e. The Labute approximate surface area is 161 Å². The lowest BCUT2D eigenvalue weighted by atomic mass is 10.2. The monoisotopic (exact) mass is 388 g/mol. The summed E-state index contributed by atoms with van der Waals surface area (Å²) in [5.41, 5.74) is 1.62. The molecule has 0 radical (unpaired) electrons. The van der Waals surface area contributed by atoms with Gasteiger partial charge in [-0.25, -0.2) is 0 Å². The Morgan fingerprint density at radius 2 is 2.07 bits per heavy atom. The summed E-state index contributed by atoms with van der Waals surface area (Å²) < 4.78 is 6.56. The standard InChI is InChI=1S/C18H21ClN6O2/c1-27-11-10-20-18(26)9-8-17-23-22-16-7-6-15(24-25(16)17)21-12-13-4-2-3-5-14(13)19/h2-7H,8-12H2,1H3,(H,20,26)(H,21,24). The predicted molar refractivity (Wildman–Crippen MR) is 103 cm³/mol. The van der Waals surface area contributed by atoms with Crippen LogP contribution in [0.15, 0.2) is 36.4 Å². The minimum atomic E-state index is -0.0585. The van der Waals surface area contributed by atoms with Crippen molar-refractivity contribution >= 4 is 29.0 Å². The van der Waals surface area contributed by atoms with Gasteiger partial charge in [-0.2, -0.15) is 4.52 Å². The van der Waals surface area contributed by atoms with Crippen molar-refractivity contribution in [2.24, 2.45) is 0 Å². The summed E-state index contributed by atoms with van der Waals surface area (Å²) >= 11 is 6.18. The summed E-state index contributed by atoms with van der Waals surface area (Å²) in [7, 11) is 1.59. The van der Waals surface area contributed by atoms with Gasteiger partial charge in [0.1, 0.15) is 5.82 Å². The fourth-order valence-corrected chi connectivity index (χ4v) is 2.72. The molecule has 142 valence electrons. The molecule has 0 saturated heterocycles. The molecule has 0 atom stereocenters. The number of rotatable bonds is 9. The summed E-state index contributed by atoms with van der Waals surface area (Å²) in [5, 5.41) is 19.5. The van der Waals surface area contributed by atoms with Crippen LogP contribution in [0.2, 0.25) is 5.02 Å². The van der Waals surface area contributed by atoms with Crippen molar-refractivity contribution < 1.29 is 9.53 Å². The number of hydrogen-bond acceptors (Lipinski definition) is 6. The number of aryl methyl sites for hydroxylation is 1. The van der Waals surface area contributed by atoms with Gasteiger partial charge in [0.05, 0.1) is 6.61 Å². The molecule has 0 spiro atoms. The first kappa shape index (κ1) is 19.1. The average Bonchev–Trinajstić information content (AvgIpc) is 3.08. The van der Waals surface area contributed by atoms with Crippen molar-refractivity contribution in [2.75, 3.05) is 25.6 Å². The van der Waals surface area contributed by atoms with Crippen molar-refractivity contribution in [3.8, 4) is 0 Å². The van der Waals surface area contributed by atoms with Crippen molar-refractivity contribution in [3.63, 3.8) is 0 Å². The second-order valence-electron chi connectivity index (χ2n) is 5.89. The Kier molecular flexibility index (Phi) is 6.56. The third-order valence-electron chi connectivity index (χ3n) is 3.95. The first-order chi connectivity index (χ1) is 13.2. The zero-order valence-electron chi connectivity index (χ0n) is 15.0. The van der Waals surface area contributed by atoms with Crippen LogP contribution in [0, 0.1) is 0 Å². The van der Waals surface area contributed by atoms with Gasteiger partial charge in [0.2, 0.25) is 5.91 Å². The molecular formula is C18H21ClN6O2. The van der Waals surface area contributed by atoms with Gasteiger partial charge in [-0.05, 0) is 23.8 Å². The van der Waals surface area contributed by atoms with Crippen LogP contribution in [0.4, 0.5) is 5.82 Å². The van der Waals surface area contributed by atoms with Gasteiger partial charge in [-0.1, -0.05) is 29.8 Å². The molecule has 0 aliphatic rings. The first-order valence-electron chi connectivity index (χ1n) is 8.61. The number of benzene rings is 1. The summed E-state index contributed by atoms with van der Waals surface area (Å²) in [6, 6.07) is 11.3. The van der Waals surface area contributed by atoms with Gasteiger partial charge in [0.15, 0.2) is 11.5 Å². The van der Waals surface area contributed by atoms with Gasteiger partial charge in [-0.3, -0.25) is 4.79 Å². The lowest BCUT2D eigenvalue weighted by molar-refractivity contribution is -0.121. The molecule has 3 rings (SSSR count). The molecule has 9 heteroatoms. The second kappa shape index (κ2) is 9.29. The van der Waals surface area contributed by atoms with E-state index in [1.165, 1.54) is 0 Å². The van der Waals surface area contributed by atoms with E-state index in [0.29, 0.717) is 54.9 Å². The van der Waals surface area contributed by atoms with Gasteiger partial charge in [0.25, 0.3) is 0 Å². The highest BCUT2D eigenvalue weighted by atomic mass is 35.5. The van der Waals surface area contributed by atoms with Gasteiger partial charge >= 0.3 is 0 Å². The number of carbonyl (C=O) groups is 1. The molecule has 0 aliphatic carbocycles. The van der Waals surface area contributed by atoms with E-state index >= 15 is 0 Å². The third-order valence-corrected chi connectivity index (χ3v) is 4.32. The van der Waals surface area contributed by atoms with Crippen LogP contribution in [0.25, 0.3) is 5.65 Å². The topological polar surface area (TPSA) is 93.4 Å². The molecule has 0 saturated carbocycles. The van der Waals surface area contributed by atoms with E-state index in [4.69, 9.17) is 16.3 Å². The molecule has 2 N–H and O–H groups in total. The molecule has 1 aromatic carbocycles. The number of anilines is 1. The molecule has 0 aliphatic heterocycles. The molecule has 2 heterocycles. The summed E-state index contributed by atoms with van der Waals surface area (Å²) in [6.45, 7) is 1.53. The smallest absolute Gasteiger partial charge is 0.220 e.